The molecule has 3 amide bonds. The van der Waals surface area contributed by atoms with Crippen molar-refractivity contribution in [3.05, 3.63) is 100 Å². The first-order valence-corrected chi connectivity index (χ1v) is 14.2. The van der Waals surface area contributed by atoms with Crippen molar-refractivity contribution in [3.8, 4) is 0 Å². The highest BCUT2D eigenvalue weighted by molar-refractivity contribution is 6.36. The van der Waals surface area contributed by atoms with E-state index in [1.165, 1.54) is 4.90 Å². The topological polar surface area (TPSA) is 66.5 Å². The van der Waals surface area contributed by atoms with Crippen molar-refractivity contribution < 1.29 is 14.4 Å². The maximum absolute atomic E-state index is 13.8. The lowest BCUT2D eigenvalue weighted by molar-refractivity contribution is -0.140. The number of hydrogen-bond donors (Lipinski definition) is 1. The van der Waals surface area contributed by atoms with E-state index in [9.17, 15) is 14.4 Å². The van der Waals surface area contributed by atoms with E-state index in [0.717, 1.165) is 39.1 Å². The number of aryl methyl sites for hydroxylation is 2. The highest BCUT2D eigenvalue weighted by Gasteiger charge is 2.72. The van der Waals surface area contributed by atoms with Crippen LogP contribution in [-0.4, -0.2) is 29.2 Å². The van der Waals surface area contributed by atoms with E-state index < -0.39 is 21.6 Å². The van der Waals surface area contributed by atoms with Gasteiger partial charge in [0.25, 0.3) is 0 Å². The lowest BCUT2D eigenvalue weighted by atomic mass is 9.54. The largest absolute Gasteiger partial charge is 0.326 e. The van der Waals surface area contributed by atoms with Gasteiger partial charge in [0.2, 0.25) is 17.7 Å². The molecule has 1 N–H and O–H groups in total. The monoisotopic (exact) mass is 560 g/mol. The van der Waals surface area contributed by atoms with Crippen molar-refractivity contribution >= 4 is 46.6 Å². The molecular formula is C32H30Cl2N2O3. The van der Waals surface area contributed by atoms with Crippen LogP contribution in [0.5, 0.6) is 0 Å². The van der Waals surface area contributed by atoms with Crippen molar-refractivity contribution in [2.45, 2.75) is 49.3 Å². The number of amides is 3. The Kier molecular flexibility index (Phi) is 6.35. The molecule has 3 aliphatic carbocycles. The van der Waals surface area contributed by atoms with Crippen LogP contribution in [0, 0.1) is 25.7 Å². The second kappa shape index (κ2) is 9.50. The van der Waals surface area contributed by atoms with Crippen LogP contribution in [0.25, 0.3) is 0 Å². The smallest absolute Gasteiger partial charge is 0.235 e. The van der Waals surface area contributed by atoms with Crippen LogP contribution in [0.1, 0.15) is 59.1 Å². The Labute approximate surface area is 238 Å². The predicted molar refractivity (Wildman–Crippen MR) is 153 cm³/mol. The quantitative estimate of drug-likeness (QED) is 0.206. The predicted octanol–water partition coefficient (Wildman–Crippen LogP) is 6.40. The number of unbranched alkanes of at least 4 members (excludes halogenated alkanes) is 2. The lowest BCUT2D eigenvalue weighted by Gasteiger charge is -2.54. The molecule has 1 saturated heterocycles. The van der Waals surface area contributed by atoms with Gasteiger partial charge in [0.15, 0.2) is 0 Å². The van der Waals surface area contributed by atoms with E-state index in [2.05, 4.69) is 5.32 Å². The summed E-state index contributed by atoms with van der Waals surface area (Å²) in [5.74, 6) is -2.10. The number of likely N-dealkylation sites (tertiary alicyclic amines) is 1. The summed E-state index contributed by atoms with van der Waals surface area (Å²) in [6.45, 7) is 4.28. The Morgan fingerprint density at radius 2 is 1.31 bits per heavy atom. The number of benzene rings is 3. The average Bonchev–Trinajstić information content (AvgIpc) is 3.19. The van der Waals surface area contributed by atoms with E-state index in [0.29, 0.717) is 25.7 Å². The fourth-order valence-electron chi connectivity index (χ4n) is 6.84. The number of nitrogens with zero attached hydrogens (tertiary/aromatic N) is 1. The zero-order valence-corrected chi connectivity index (χ0v) is 23.5. The first kappa shape index (κ1) is 26.1. The minimum Gasteiger partial charge on any atom is -0.326 e. The Morgan fingerprint density at radius 1 is 0.795 bits per heavy atom. The van der Waals surface area contributed by atoms with Gasteiger partial charge >= 0.3 is 0 Å². The van der Waals surface area contributed by atoms with Crippen LogP contribution in [-0.2, 0) is 24.1 Å². The summed E-state index contributed by atoms with van der Waals surface area (Å²) in [5, 5.41) is 2.97. The van der Waals surface area contributed by atoms with Gasteiger partial charge < -0.3 is 5.32 Å². The van der Waals surface area contributed by atoms with Gasteiger partial charge in [0.1, 0.15) is 9.75 Å². The van der Waals surface area contributed by atoms with E-state index in [1.807, 2.05) is 80.6 Å². The molecule has 5 nitrogen and oxygen atoms in total. The fraction of sp³-hybridized carbons (Fsp3) is 0.344. The summed E-state index contributed by atoms with van der Waals surface area (Å²) >= 11 is 14.9. The molecule has 200 valence electrons. The minimum atomic E-state index is -1.15. The molecule has 1 fully saturated rings. The molecule has 0 saturated carbocycles. The molecule has 39 heavy (non-hydrogen) atoms. The summed E-state index contributed by atoms with van der Waals surface area (Å²) in [6, 6.07) is 21.2. The molecule has 4 aliphatic rings. The minimum absolute atomic E-state index is 0.0402. The van der Waals surface area contributed by atoms with Crippen LogP contribution in [0.15, 0.2) is 66.7 Å². The molecule has 2 atom stereocenters. The molecule has 0 spiro atoms. The number of nitrogens with one attached hydrogen (secondary N) is 1. The number of carbonyl (C=O) groups is 3. The van der Waals surface area contributed by atoms with Gasteiger partial charge in [-0.3, -0.25) is 19.3 Å². The standard InChI is InChI=1S/C32H30Cl2N2O3/c1-19-15-16-25(20(2)18-19)35-26(37)14-4-3-9-17-36-29(38)27-28(30(36)39)32(34)22-11-6-5-10-21(22)31(27,33)23-12-7-8-13-24(23)32/h5-8,10-13,15-16,18,27-28H,3-4,9,14,17H2,1-2H3,(H,35,37)/t27-,28-,31?,32?/m1/s1. The first-order valence-electron chi connectivity index (χ1n) is 13.5. The van der Waals surface area contributed by atoms with Gasteiger partial charge in [-0.1, -0.05) is 72.6 Å². The van der Waals surface area contributed by atoms with E-state index in [1.54, 1.807) is 0 Å². The number of halogens is 2. The zero-order valence-electron chi connectivity index (χ0n) is 22.0. The van der Waals surface area contributed by atoms with Crippen LogP contribution >= 0.6 is 23.2 Å². The summed E-state index contributed by atoms with van der Waals surface area (Å²) in [7, 11) is 0. The maximum atomic E-state index is 13.8. The SMILES string of the molecule is Cc1ccc(NC(=O)CCCCCN2C(=O)[C@H]3[C@H](C2=O)C2(Cl)c4ccccc4C3(Cl)c3ccccc32)c(C)c1. The number of carbonyl (C=O) groups excluding carboxylic acids is 3. The van der Waals surface area contributed by atoms with Crippen molar-refractivity contribution in [3.63, 3.8) is 0 Å². The second-order valence-corrected chi connectivity index (χ2v) is 12.2. The average molecular weight is 562 g/mol. The molecule has 7 heteroatoms. The molecule has 0 aromatic heterocycles. The van der Waals surface area contributed by atoms with E-state index in [-0.39, 0.29) is 24.3 Å². The fourth-order valence-corrected chi connectivity index (χ4v) is 7.94. The Bertz CT molecular complexity index is 1400. The number of anilines is 1. The molecular weight excluding hydrogens is 531 g/mol. The lowest BCUT2D eigenvalue weighted by Crippen LogP contribution is -2.57. The summed E-state index contributed by atoms with van der Waals surface area (Å²) in [5.41, 5.74) is 6.22. The number of alkyl halides is 2. The maximum Gasteiger partial charge on any atom is 0.235 e. The van der Waals surface area contributed by atoms with E-state index in [4.69, 9.17) is 23.2 Å². The third-order valence-corrected chi connectivity index (χ3v) is 9.90. The first-order chi connectivity index (χ1) is 18.7. The molecule has 2 bridgehead atoms. The molecule has 0 unspecified atom stereocenters. The third kappa shape index (κ3) is 3.77. The summed E-state index contributed by atoms with van der Waals surface area (Å²) in [6.07, 6.45) is 2.36. The number of rotatable bonds is 7. The van der Waals surface area contributed by atoms with Gasteiger partial charge in [-0.05, 0) is 60.6 Å². The highest BCUT2D eigenvalue weighted by atomic mass is 35.5. The van der Waals surface area contributed by atoms with Crippen LogP contribution in [0.4, 0.5) is 5.69 Å². The normalized spacial score (nSPS) is 26.3. The van der Waals surface area contributed by atoms with Crippen LogP contribution < -0.4 is 5.32 Å². The van der Waals surface area contributed by atoms with Gasteiger partial charge in [0, 0.05) is 18.7 Å². The van der Waals surface area contributed by atoms with Gasteiger partial charge in [0.05, 0.1) is 11.8 Å². The Morgan fingerprint density at radius 3 is 1.79 bits per heavy atom. The van der Waals surface area contributed by atoms with Gasteiger partial charge in [-0.2, -0.15) is 0 Å². The second-order valence-electron chi connectivity index (χ2n) is 11.0. The molecule has 3 aromatic rings. The number of hydrogen-bond acceptors (Lipinski definition) is 3. The van der Waals surface area contributed by atoms with Crippen molar-refractivity contribution in [1.29, 1.82) is 0 Å². The summed E-state index contributed by atoms with van der Waals surface area (Å²) in [4.78, 5) is 39.2. The Hall–Kier alpha value is -3.15. The highest BCUT2D eigenvalue weighted by Crippen LogP contribution is 2.69. The molecule has 7 rings (SSSR count). The van der Waals surface area contributed by atoms with Crippen LogP contribution in [0.2, 0.25) is 0 Å². The van der Waals surface area contributed by atoms with Crippen LogP contribution in [0.3, 0.4) is 0 Å². The molecule has 1 aliphatic heterocycles. The number of imide groups is 1. The van der Waals surface area contributed by atoms with Gasteiger partial charge in [-0.15, -0.1) is 23.2 Å². The third-order valence-electron chi connectivity index (χ3n) is 8.62. The molecule has 0 radical (unpaired) electrons. The molecule has 1 heterocycles. The van der Waals surface area contributed by atoms with E-state index >= 15 is 0 Å². The van der Waals surface area contributed by atoms with Gasteiger partial charge in [-0.25, -0.2) is 0 Å². The zero-order chi connectivity index (χ0) is 27.5. The van der Waals surface area contributed by atoms with Crippen molar-refractivity contribution in [2.75, 3.05) is 11.9 Å². The Balaban J connectivity index is 1.15. The van der Waals surface area contributed by atoms with Crippen molar-refractivity contribution in [2.24, 2.45) is 11.8 Å². The molecule has 3 aromatic carbocycles. The van der Waals surface area contributed by atoms with Crippen molar-refractivity contribution in [1.82, 2.24) is 4.90 Å². The summed E-state index contributed by atoms with van der Waals surface area (Å²) < 4.78 is 0.